The van der Waals surface area contributed by atoms with Crippen LogP contribution in [0.4, 0.5) is 4.39 Å². The molecule has 1 aliphatic rings. The van der Waals surface area contributed by atoms with Gasteiger partial charge in [-0.05, 0) is 25.2 Å². The van der Waals surface area contributed by atoms with Crippen LogP contribution in [0.5, 0.6) is 0 Å². The molecule has 60 valence electrons. The van der Waals surface area contributed by atoms with Crippen molar-refractivity contribution in [2.45, 2.75) is 31.9 Å². The van der Waals surface area contributed by atoms with Gasteiger partial charge in [-0.25, -0.2) is 4.39 Å². The van der Waals surface area contributed by atoms with Gasteiger partial charge in [-0.3, -0.25) is 0 Å². The highest BCUT2D eigenvalue weighted by Crippen LogP contribution is 2.37. The summed E-state index contributed by atoms with van der Waals surface area (Å²) in [5.41, 5.74) is -1.01. The Hall–Kier alpha value is -0.110. The Morgan fingerprint density at radius 3 is 2.80 bits per heavy atom. The highest BCUT2D eigenvalue weighted by Gasteiger charge is 2.37. The van der Waals surface area contributed by atoms with E-state index in [9.17, 15) is 4.39 Å². The van der Waals surface area contributed by atoms with Crippen molar-refractivity contribution < 1.29 is 9.13 Å². The molecular weight excluding hydrogens is 131 g/mol. The van der Waals surface area contributed by atoms with Crippen molar-refractivity contribution in [3.8, 4) is 0 Å². The van der Waals surface area contributed by atoms with Gasteiger partial charge in [0, 0.05) is 7.11 Å². The molecule has 0 aromatic carbocycles. The number of methoxy groups -OCH3 is 1. The predicted molar refractivity (Wildman–Crippen MR) is 38.7 cm³/mol. The molecular formula is C8H15FO. The SMILES string of the molecule is COCC1(F)CCC(C)C1. The average Bonchev–Trinajstić information content (AvgIpc) is 2.12. The fourth-order valence-electron chi connectivity index (χ4n) is 1.72. The second-order valence-electron chi connectivity index (χ2n) is 3.43. The quantitative estimate of drug-likeness (QED) is 0.580. The van der Waals surface area contributed by atoms with Crippen LogP contribution in [0.1, 0.15) is 26.2 Å². The van der Waals surface area contributed by atoms with Gasteiger partial charge in [0.05, 0.1) is 6.61 Å². The molecule has 0 spiro atoms. The summed E-state index contributed by atoms with van der Waals surface area (Å²) < 4.78 is 18.2. The Bertz CT molecular complexity index is 112. The lowest BCUT2D eigenvalue weighted by Crippen LogP contribution is -2.24. The third-order valence-electron chi connectivity index (χ3n) is 2.20. The molecule has 2 atom stereocenters. The van der Waals surface area contributed by atoms with Gasteiger partial charge in [0.25, 0.3) is 0 Å². The summed E-state index contributed by atoms with van der Waals surface area (Å²) in [4.78, 5) is 0. The topological polar surface area (TPSA) is 9.23 Å². The molecule has 1 fully saturated rings. The zero-order valence-electron chi connectivity index (χ0n) is 6.69. The number of ether oxygens (including phenoxy) is 1. The molecule has 0 amide bonds. The summed E-state index contributed by atoms with van der Waals surface area (Å²) in [6.07, 6.45) is 2.38. The minimum Gasteiger partial charge on any atom is -0.381 e. The summed E-state index contributed by atoms with van der Waals surface area (Å²) in [7, 11) is 1.56. The highest BCUT2D eigenvalue weighted by atomic mass is 19.1. The van der Waals surface area contributed by atoms with E-state index in [0.717, 1.165) is 6.42 Å². The normalized spacial score (nSPS) is 40.5. The summed E-state index contributed by atoms with van der Waals surface area (Å²) in [5.74, 6) is 0.542. The highest BCUT2D eigenvalue weighted by molar-refractivity contribution is 4.87. The van der Waals surface area contributed by atoms with E-state index in [1.165, 1.54) is 0 Å². The number of hydrogen-bond donors (Lipinski definition) is 0. The van der Waals surface area contributed by atoms with E-state index in [2.05, 4.69) is 6.92 Å². The van der Waals surface area contributed by atoms with E-state index in [1.54, 1.807) is 7.11 Å². The molecule has 0 radical (unpaired) electrons. The minimum absolute atomic E-state index is 0.275. The molecule has 1 aliphatic carbocycles. The fraction of sp³-hybridized carbons (Fsp3) is 1.00. The number of halogens is 1. The summed E-state index contributed by atoms with van der Waals surface area (Å²) in [6, 6.07) is 0. The van der Waals surface area contributed by atoms with E-state index in [1.807, 2.05) is 0 Å². The van der Waals surface area contributed by atoms with Crippen LogP contribution in [0, 0.1) is 5.92 Å². The van der Waals surface area contributed by atoms with Gasteiger partial charge in [-0.15, -0.1) is 0 Å². The first-order valence-corrected chi connectivity index (χ1v) is 3.84. The molecule has 0 aromatic heterocycles. The largest absolute Gasteiger partial charge is 0.381 e. The Morgan fingerprint density at radius 1 is 1.70 bits per heavy atom. The first kappa shape index (κ1) is 7.99. The zero-order chi connectivity index (χ0) is 7.61. The Balaban J connectivity index is 2.38. The lowest BCUT2D eigenvalue weighted by Gasteiger charge is -2.17. The van der Waals surface area contributed by atoms with Crippen LogP contribution >= 0.6 is 0 Å². The predicted octanol–water partition coefficient (Wildman–Crippen LogP) is 2.16. The Kier molecular flexibility index (Phi) is 2.29. The van der Waals surface area contributed by atoms with E-state index in [0.29, 0.717) is 18.8 Å². The molecule has 0 bridgehead atoms. The third kappa shape index (κ3) is 1.69. The first-order valence-electron chi connectivity index (χ1n) is 3.84. The van der Waals surface area contributed by atoms with Gasteiger partial charge < -0.3 is 4.74 Å². The lowest BCUT2D eigenvalue weighted by atomic mass is 10.0. The van der Waals surface area contributed by atoms with E-state index >= 15 is 0 Å². The van der Waals surface area contributed by atoms with E-state index < -0.39 is 5.67 Å². The summed E-state index contributed by atoms with van der Waals surface area (Å²) >= 11 is 0. The van der Waals surface area contributed by atoms with Crippen molar-refractivity contribution >= 4 is 0 Å². The van der Waals surface area contributed by atoms with Crippen molar-refractivity contribution in [2.75, 3.05) is 13.7 Å². The van der Waals surface area contributed by atoms with Gasteiger partial charge in [-0.2, -0.15) is 0 Å². The second-order valence-corrected chi connectivity index (χ2v) is 3.43. The van der Waals surface area contributed by atoms with Crippen LogP contribution in [0.3, 0.4) is 0 Å². The van der Waals surface area contributed by atoms with Crippen molar-refractivity contribution in [3.63, 3.8) is 0 Å². The maximum atomic E-state index is 13.4. The van der Waals surface area contributed by atoms with Crippen LogP contribution < -0.4 is 0 Å². The van der Waals surface area contributed by atoms with Gasteiger partial charge in [0.2, 0.25) is 0 Å². The number of hydrogen-bond acceptors (Lipinski definition) is 1. The summed E-state index contributed by atoms with van der Waals surface area (Å²) in [6.45, 7) is 2.37. The monoisotopic (exact) mass is 146 g/mol. The molecule has 1 rings (SSSR count). The van der Waals surface area contributed by atoms with Gasteiger partial charge >= 0.3 is 0 Å². The average molecular weight is 146 g/mol. The van der Waals surface area contributed by atoms with Crippen molar-refractivity contribution in [3.05, 3.63) is 0 Å². The second kappa shape index (κ2) is 2.87. The van der Waals surface area contributed by atoms with Gasteiger partial charge in [0.1, 0.15) is 5.67 Å². The smallest absolute Gasteiger partial charge is 0.134 e. The lowest BCUT2D eigenvalue weighted by molar-refractivity contribution is 0.0437. The standard InChI is InChI=1S/C8H15FO/c1-7-3-4-8(9,5-7)6-10-2/h7H,3-6H2,1-2H3. The number of alkyl halides is 1. The molecule has 0 N–H and O–H groups in total. The maximum absolute atomic E-state index is 13.4. The van der Waals surface area contributed by atoms with Gasteiger partial charge in [-0.1, -0.05) is 6.92 Å². The molecule has 0 saturated heterocycles. The first-order chi connectivity index (χ1) is 4.66. The van der Waals surface area contributed by atoms with Crippen LogP contribution in [0.2, 0.25) is 0 Å². The van der Waals surface area contributed by atoms with Crippen LogP contribution in [-0.4, -0.2) is 19.4 Å². The van der Waals surface area contributed by atoms with Crippen LogP contribution in [0.15, 0.2) is 0 Å². The number of rotatable bonds is 2. The molecule has 2 unspecified atom stereocenters. The van der Waals surface area contributed by atoms with E-state index in [4.69, 9.17) is 4.74 Å². The fourth-order valence-corrected chi connectivity index (χ4v) is 1.72. The van der Waals surface area contributed by atoms with Crippen LogP contribution in [0.25, 0.3) is 0 Å². The molecule has 1 nitrogen and oxygen atoms in total. The third-order valence-corrected chi connectivity index (χ3v) is 2.20. The Labute approximate surface area is 61.6 Å². The maximum Gasteiger partial charge on any atom is 0.134 e. The van der Waals surface area contributed by atoms with Crippen molar-refractivity contribution in [1.82, 2.24) is 0 Å². The zero-order valence-corrected chi connectivity index (χ0v) is 6.69. The van der Waals surface area contributed by atoms with E-state index in [-0.39, 0.29) is 6.61 Å². The van der Waals surface area contributed by atoms with Crippen molar-refractivity contribution in [1.29, 1.82) is 0 Å². The minimum atomic E-state index is -1.01. The molecule has 2 heteroatoms. The van der Waals surface area contributed by atoms with Crippen LogP contribution in [-0.2, 0) is 4.74 Å². The molecule has 0 aromatic rings. The Morgan fingerprint density at radius 2 is 2.40 bits per heavy atom. The van der Waals surface area contributed by atoms with Crippen molar-refractivity contribution in [2.24, 2.45) is 5.92 Å². The molecule has 0 heterocycles. The molecule has 1 saturated carbocycles. The molecule has 0 aliphatic heterocycles. The molecule has 10 heavy (non-hydrogen) atoms. The summed E-state index contributed by atoms with van der Waals surface area (Å²) in [5, 5.41) is 0. The van der Waals surface area contributed by atoms with Gasteiger partial charge in [0.15, 0.2) is 0 Å².